The van der Waals surface area contributed by atoms with Gasteiger partial charge in [-0.15, -0.1) is 0 Å². The number of benzene rings is 1. The van der Waals surface area contributed by atoms with E-state index < -0.39 is 0 Å². The van der Waals surface area contributed by atoms with Gasteiger partial charge < -0.3 is 24.6 Å². The molecule has 0 radical (unpaired) electrons. The summed E-state index contributed by atoms with van der Waals surface area (Å²) >= 11 is 0. The molecule has 7 heteroatoms. The zero-order chi connectivity index (χ0) is 19.1. The van der Waals surface area contributed by atoms with E-state index in [2.05, 4.69) is 5.32 Å². The topological polar surface area (TPSA) is 71.1 Å². The van der Waals surface area contributed by atoms with E-state index in [1.807, 2.05) is 35.2 Å². The minimum atomic E-state index is -0.174. The molecule has 3 amide bonds. The molecule has 2 aliphatic rings. The van der Waals surface area contributed by atoms with Crippen LogP contribution in [0.4, 0.5) is 4.79 Å². The fourth-order valence-electron chi connectivity index (χ4n) is 3.61. The number of amides is 3. The van der Waals surface area contributed by atoms with E-state index in [1.165, 1.54) is 0 Å². The molecule has 27 heavy (non-hydrogen) atoms. The molecule has 1 aromatic carbocycles. The highest BCUT2D eigenvalue weighted by Gasteiger charge is 2.32. The van der Waals surface area contributed by atoms with Crippen molar-refractivity contribution in [2.24, 2.45) is 5.92 Å². The first-order valence-electron chi connectivity index (χ1n) is 9.67. The van der Waals surface area contributed by atoms with E-state index in [1.54, 1.807) is 11.9 Å². The van der Waals surface area contributed by atoms with Crippen molar-refractivity contribution in [2.45, 2.75) is 32.1 Å². The maximum atomic E-state index is 12.5. The van der Waals surface area contributed by atoms with Crippen molar-refractivity contribution in [1.29, 1.82) is 0 Å². The van der Waals surface area contributed by atoms with Crippen LogP contribution < -0.4 is 5.32 Å². The minimum Gasteiger partial charge on any atom is -0.350 e. The van der Waals surface area contributed by atoms with Crippen LogP contribution in [0.3, 0.4) is 0 Å². The molecule has 2 fully saturated rings. The van der Waals surface area contributed by atoms with Gasteiger partial charge >= 0.3 is 6.03 Å². The summed E-state index contributed by atoms with van der Waals surface area (Å²) < 4.78 is 11.2. The second-order valence-corrected chi connectivity index (χ2v) is 7.18. The number of ether oxygens (including phenoxy) is 2. The Morgan fingerprint density at radius 1 is 1.22 bits per heavy atom. The van der Waals surface area contributed by atoms with E-state index in [4.69, 9.17) is 9.47 Å². The maximum absolute atomic E-state index is 12.5. The van der Waals surface area contributed by atoms with Gasteiger partial charge in [-0.25, -0.2) is 4.79 Å². The van der Waals surface area contributed by atoms with E-state index >= 15 is 0 Å². The van der Waals surface area contributed by atoms with Crippen molar-refractivity contribution in [3.05, 3.63) is 35.9 Å². The molecule has 2 saturated heterocycles. The highest BCUT2D eigenvalue weighted by molar-refractivity contribution is 5.78. The smallest absolute Gasteiger partial charge is 0.317 e. The standard InChI is InChI=1S/C20H29N3O4/c1-22(14-16-6-3-2-4-7-16)20(25)21-10-9-18(24)23-11-5-8-17(15-23)19-26-12-13-27-19/h2-4,6-7,17,19H,5,8-15H2,1H3,(H,21,25). The maximum Gasteiger partial charge on any atom is 0.317 e. The number of nitrogens with one attached hydrogen (secondary N) is 1. The third kappa shape index (κ3) is 5.68. The Kier molecular flexibility index (Phi) is 7.06. The molecule has 1 N–H and O–H groups in total. The zero-order valence-electron chi connectivity index (χ0n) is 15.9. The zero-order valence-corrected chi connectivity index (χ0v) is 15.9. The Bertz CT molecular complexity index is 619. The molecule has 0 saturated carbocycles. The lowest BCUT2D eigenvalue weighted by Gasteiger charge is -2.34. The molecule has 0 bridgehead atoms. The molecule has 3 rings (SSSR count). The van der Waals surface area contributed by atoms with Crippen LogP contribution in [0.5, 0.6) is 0 Å². The molecule has 0 aromatic heterocycles. The summed E-state index contributed by atoms with van der Waals surface area (Å²) in [5.74, 6) is 0.320. The Hall–Kier alpha value is -2.12. The Morgan fingerprint density at radius 2 is 1.96 bits per heavy atom. The van der Waals surface area contributed by atoms with Crippen molar-refractivity contribution in [1.82, 2.24) is 15.1 Å². The largest absolute Gasteiger partial charge is 0.350 e. The van der Waals surface area contributed by atoms with E-state index in [-0.39, 0.29) is 24.1 Å². The molecule has 148 valence electrons. The third-order valence-electron chi connectivity index (χ3n) is 5.07. The quantitative estimate of drug-likeness (QED) is 0.823. The summed E-state index contributed by atoms with van der Waals surface area (Å²) in [6.45, 7) is 3.59. The SMILES string of the molecule is CN(Cc1ccccc1)C(=O)NCCC(=O)N1CCCC(C2OCCO2)C1. The number of urea groups is 1. The van der Waals surface area contributed by atoms with Gasteiger partial charge in [0, 0.05) is 45.6 Å². The van der Waals surface area contributed by atoms with Crippen LogP contribution >= 0.6 is 0 Å². The lowest BCUT2D eigenvalue weighted by atomic mass is 9.97. The van der Waals surface area contributed by atoms with Gasteiger partial charge in [-0.1, -0.05) is 30.3 Å². The van der Waals surface area contributed by atoms with Gasteiger partial charge in [-0.05, 0) is 18.4 Å². The summed E-state index contributed by atoms with van der Waals surface area (Å²) in [6.07, 6.45) is 2.12. The summed E-state index contributed by atoms with van der Waals surface area (Å²) in [6, 6.07) is 9.65. The molecule has 2 aliphatic heterocycles. The number of hydrogen-bond donors (Lipinski definition) is 1. The second-order valence-electron chi connectivity index (χ2n) is 7.18. The van der Waals surface area contributed by atoms with Crippen molar-refractivity contribution in [3.8, 4) is 0 Å². The summed E-state index contributed by atoms with van der Waals surface area (Å²) in [4.78, 5) is 28.2. The summed E-state index contributed by atoms with van der Waals surface area (Å²) in [5, 5.41) is 2.83. The second kappa shape index (κ2) is 9.71. The van der Waals surface area contributed by atoms with Crippen molar-refractivity contribution < 1.29 is 19.1 Å². The molecule has 1 aromatic rings. The van der Waals surface area contributed by atoms with Crippen molar-refractivity contribution in [2.75, 3.05) is 39.9 Å². The lowest BCUT2D eigenvalue weighted by Crippen LogP contribution is -2.45. The van der Waals surface area contributed by atoms with Crippen molar-refractivity contribution in [3.63, 3.8) is 0 Å². The highest BCUT2D eigenvalue weighted by atomic mass is 16.7. The van der Waals surface area contributed by atoms with Gasteiger partial charge in [0.2, 0.25) is 5.91 Å². The Morgan fingerprint density at radius 3 is 2.70 bits per heavy atom. The first-order chi connectivity index (χ1) is 13.1. The molecular formula is C20H29N3O4. The van der Waals surface area contributed by atoms with Crippen LogP contribution in [0.2, 0.25) is 0 Å². The summed E-state index contributed by atoms with van der Waals surface area (Å²) in [5.41, 5.74) is 1.07. The normalized spacial score (nSPS) is 20.5. The molecule has 1 unspecified atom stereocenters. The number of carbonyl (C=O) groups excluding carboxylic acids is 2. The third-order valence-corrected chi connectivity index (χ3v) is 5.07. The predicted octanol–water partition coefficient (Wildman–Crippen LogP) is 1.83. The van der Waals surface area contributed by atoms with Crippen molar-refractivity contribution >= 4 is 11.9 Å². The van der Waals surface area contributed by atoms with Crippen LogP contribution in [0.15, 0.2) is 30.3 Å². The number of rotatable bonds is 6. The first-order valence-corrected chi connectivity index (χ1v) is 9.67. The van der Waals surface area contributed by atoms with Crippen LogP contribution in [0, 0.1) is 5.92 Å². The van der Waals surface area contributed by atoms with Crippen LogP contribution in [-0.4, -0.2) is 67.9 Å². The van der Waals surface area contributed by atoms with Gasteiger partial charge in [0.15, 0.2) is 6.29 Å². The average Bonchev–Trinajstić information content (AvgIpc) is 3.23. The van der Waals surface area contributed by atoms with Gasteiger partial charge in [0.1, 0.15) is 0 Å². The predicted molar refractivity (Wildman–Crippen MR) is 101 cm³/mol. The Labute approximate surface area is 160 Å². The number of nitrogens with zero attached hydrogens (tertiary/aromatic N) is 2. The fraction of sp³-hybridized carbons (Fsp3) is 0.600. The number of hydrogen-bond acceptors (Lipinski definition) is 4. The fourth-order valence-corrected chi connectivity index (χ4v) is 3.61. The number of carbonyl (C=O) groups is 2. The number of likely N-dealkylation sites (tertiary alicyclic amines) is 1. The molecule has 2 heterocycles. The molecule has 0 spiro atoms. The monoisotopic (exact) mass is 375 g/mol. The van der Waals surface area contributed by atoms with Gasteiger partial charge in [0.25, 0.3) is 0 Å². The average molecular weight is 375 g/mol. The van der Waals surface area contributed by atoms with Gasteiger partial charge in [-0.2, -0.15) is 0 Å². The molecular weight excluding hydrogens is 346 g/mol. The lowest BCUT2D eigenvalue weighted by molar-refractivity contribution is -0.139. The molecule has 0 aliphatic carbocycles. The highest BCUT2D eigenvalue weighted by Crippen LogP contribution is 2.25. The van der Waals surface area contributed by atoms with Crippen LogP contribution in [0.1, 0.15) is 24.8 Å². The molecule has 1 atom stereocenters. The summed E-state index contributed by atoms with van der Waals surface area (Å²) in [7, 11) is 1.75. The van der Waals surface area contributed by atoms with Crippen LogP contribution in [0.25, 0.3) is 0 Å². The van der Waals surface area contributed by atoms with Gasteiger partial charge in [-0.3, -0.25) is 4.79 Å². The van der Waals surface area contributed by atoms with E-state index in [0.29, 0.717) is 39.3 Å². The minimum absolute atomic E-state index is 0.0729. The number of piperidine rings is 1. The van der Waals surface area contributed by atoms with E-state index in [9.17, 15) is 9.59 Å². The Balaban J connectivity index is 1.37. The molecule has 7 nitrogen and oxygen atoms in total. The first kappa shape index (κ1) is 19.6. The van der Waals surface area contributed by atoms with Crippen LogP contribution in [-0.2, 0) is 20.8 Å². The van der Waals surface area contributed by atoms with E-state index in [0.717, 1.165) is 24.9 Å². The van der Waals surface area contributed by atoms with Gasteiger partial charge in [0.05, 0.1) is 13.2 Å².